The topological polar surface area (TPSA) is 51.7 Å². The highest BCUT2D eigenvalue weighted by Gasteiger charge is 2.29. The molecule has 0 aliphatic carbocycles. The minimum absolute atomic E-state index is 0.266. The Bertz CT molecular complexity index is 975. The van der Waals surface area contributed by atoms with Gasteiger partial charge in [0, 0.05) is 49.4 Å². The number of H-pyrrole nitrogens is 1. The highest BCUT2D eigenvalue weighted by atomic mass is 16.5. The molecule has 2 aromatic carbocycles. The molecule has 5 heteroatoms. The highest BCUT2D eigenvalue weighted by molar-refractivity contribution is 5.80. The Balaban J connectivity index is 1.57. The van der Waals surface area contributed by atoms with Crippen LogP contribution in [0.5, 0.6) is 5.75 Å². The zero-order chi connectivity index (χ0) is 18.4. The number of phenolic OH excluding ortho intramolecular Hbond substituents is 1. The normalized spacial score (nSPS) is 20.8. The van der Waals surface area contributed by atoms with Crippen LogP contribution < -0.4 is 4.90 Å². The van der Waals surface area contributed by atoms with E-state index in [1.54, 1.807) is 0 Å². The van der Waals surface area contributed by atoms with E-state index in [-0.39, 0.29) is 5.92 Å². The lowest BCUT2D eigenvalue weighted by molar-refractivity contribution is 0.122. The zero-order valence-electron chi connectivity index (χ0n) is 15.6. The van der Waals surface area contributed by atoms with Crippen LogP contribution in [-0.2, 0) is 11.3 Å². The van der Waals surface area contributed by atoms with Crippen molar-refractivity contribution in [3.63, 3.8) is 0 Å². The summed E-state index contributed by atoms with van der Waals surface area (Å²) < 4.78 is 5.46. The molecule has 2 aliphatic rings. The molecule has 0 spiro atoms. The number of nitrogens with one attached hydrogen (secondary N) is 1. The van der Waals surface area contributed by atoms with Gasteiger partial charge in [-0.25, -0.2) is 0 Å². The summed E-state index contributed by atoms with van der Waals surface area (Å²) in [6.07, 6.45) is 1.98. The van der Waals surface area contributed by atoms with E-state index < -0.39 is 0 Å². The van der Waals surface area contributed by atoms with Gasteiger partial charge in [-0.15, -0.1) is 0 Å². The van der Waals surface area contributed by atoms with E-state index >= 15 is 0 Å². The molecule has 0 saturated carbocycles. The van der Waals surface area contributed by atoms with Crippen molar-refractivity contribution in [2.24, 2.45) is 0 Å². The van der Waals surface area contributed by atoms with Crippen molar-refractivity contribution in [3.8, 4) is 5.75 Å². The SMILES string of the molecule is CN1Cc2c(ccc(N3CCOCC3)c2O)C(c2ccc3[nH]ccc3c2)C1. The Morgan fingerprint density at radius 1 is 1.11 bits per heavy atom. The predicted octanol–water partition coefficient (Wildman–Crippen LogP) is 3.29. The Hall–Kier alpha value is -2.50. The molecule has 1 unspecified atom stereocenters. The quantitative estimate of drug-likeness (QED) is 0.734. The number of aromatic nitrogens is 1. The van der Waals surface area contributed by atoms with E-state index in [0.29, 0.717) is 5.75 Å². The number of anilines is 1. The predicted molar refractivity (Wildman–Crippen MR) is 108 cm³/mol. The molecule has 3 aromatic rings. The Kier molecular flexibility index (Phi) is 4.06. The molecular formula is C22H25N3O2. The molecule has 140 valence electrons. The second-order valence-corrected chi connectivity index (χ2v) is 7.67. The van der Waals surface area contributed by atoms with Crippen LogP contribution in [0.2, 0.25) is 0 Å². The van der Waals surface area contributed by atoms with E-state index in [1.165, 1.54) is 16.5 Å². The maximum Gasteiger partial charge on any atom is 0.143 e. The van der Waals surface area contributed by atoms with Gasteiger partial charge < -0.3 is 24.6 Å². The molecule has 2 N–H and O–H groups in total. The summed E-state index contributed by atoms with van der Waals surface area (Å²) in [5.41, 5.74) is 5.71. The van der Waals surface area contributed by atoms with Gasteiger partial charge in [0.05, 0.1) is 18.9 Å². The molecule has 5 nitrogen and oxygen atoms in total. The van der Waals surface area contributed by atoms with E-state index in [2.05, 4.69) is 58.2 Å². The fourth-order valence-corrected chi connectivity index (χ4v) is 4.51. The van der Waals surface area contributed by atoms with Crippen LogP contribution >= 0.6 is 0 Å². The number of ether oxygens (including phenoxy) is 1. The summed E-state index contributed by atoms with van der Waals surface area (Å²) in [4.78, 5) is 7.80. The second-order valence-electron chi connectivity index (χ2n) is 7.67. The monoisotopic (exact) mass is 363 g/mol. The number of phenols is 1. The third kappa shape index (κ3) is 2.87. The molecular weight excluding hydrogens is 338 g/mol. The van der Waals surface area contributed by atoms with Crippen molar-refractivity contribution < 1.29 is 9.84 Å². The van der Waals surface area contributed by atoms with Crippen LogP contribution in [0.1, 0.15) is 22.6 Å². The van der Waals surface area contributed by atoms with E-state index in [1.807, 2.05) is 6.20 Å². The number of nitrogens with zero attached hydrogens (tertiary/aromatic N) is 2. The van der Waals surface area contributed by atoms with Crippen molar-refractivity contribution in [2.45, 2.75) is 12.5 Å². The molecule has 1 saturated heterocycles. The Morgan fingerprint density at radius 3 is 2.81 bits per heavy atom. The van der Waals surface area contributed by atoms with Crippen LogP contribution in [0.25, 0.3) is 10.9 Å². The van der Waals surface area contributed by atoms with Gasteiger partial charge in [-0.1, -0.05) is 12.1 Å². The standard InChI is InChI=1S/C22H25N3O2/c1-24-13-18(15-2-4-20-16(12-15)6-7-23-20)17-3-5-21(22(26)19(17)14-24)25-8-10-27-11-9-25/h2-7,12,18,23,26H,8-11,13-14H2,1H3. The molecule has 1 atom stereocenters. The molecule has 1 fully saturated rings. The lowest BCUT2D eigenvalue weighted by Crippen LogP contribution is -2.37. The Labute approximate surface area is 159 Å². The molecule has 2 aliphatic heterocycles. The first-order chi connectivity index (χ1) is 13.2. The summed E-state index contributed by atoms with van der Waals surface area (Å²) in [7, 11) is 2.13. The third-order valence-electron chi connectivity index (χ3n) is 5.93. The molecule has 0 amide bonds. The van der Waals surface area contributed by atoms with Crippen LogP contribution in [0.4, 0.5) is 5.69 Å². The van der Waals surface area contributed by atoms with Crippen LogP contribution in [0.15, 0.2) is 42.6 Å². The molecule has 5 rings (SSSR count). The van der Waals surface area contributed by atoms with Gasteiger partial charge in [0.2, 0.25) is 0 Å². The first-order valence-corrected chi connectivity index (χ1v) is 9.64. The number of benzene rings is 2. The summed E-state index contributed by atoms with van der Waals surface area (Å²) >= 11 is 0. The average molecular weight is 363 g/mol. The molecule has 0 bridgehead atoms. The number of hydrogen-bond donors (Lipinski definition) is 2. The van der Waals surface area contributed by atoms with Crippen LogP contribution in [0.3, 0.4) is 0 Å². The van der Waals surface area contributed by atoms with Crippen molar-refractivity contribution in [1.82, 2.24) is 9.88 Å². The van der Waals surface area contributed by atoms with Gasteiger partial charge in [0.25, 0.3) is 0 Å². The smallest absolute Gasteiger partial charge is 0.143 e. The average Bonchev–Trinajstić information content (AvgIpc) is 3.17. The Morgan fingerprint density at radius 2 is 1.96 bits per heavy atom. The first-order valence-electron chi connectivity index (χ1n) is 9.64. The molecule has 1 aromatic heterocycles. The second kappa shape index (κ2) is 6.59. The molecule has 3 heterocycles. The van der Waals surface area contributed by atoms with Crippen LogP contribution in [-0.4, -0.2) is 54.9 Å². The van der Waals surface area contributed by atoms with Crippen molar-refractivity contribution in [3.05, 3.63) is 59.3 Å². The number of rotatable bonds is 2. The fourth-order valence-electron chi connectivity index (χ4n) is 4.51. The molecule has 0 radical (unpaired) electrons. The maximum atomic E-state index is 11.1. The molecule has 27 heavy (non-hydrogen) atoms. The van der Waals surface area contributed by atoms with E-state index in [0.717, 1.165) is 56.2 Å². The van der Waals surface area contributed by atoms with Gasteiger partial charge in [0.15, 0.2) is 0 Å². The minimum atomic E-state index is 0.266. The van der Waals surface area contributed by atoms with Gasteiger partial charge in [-0.05, 0) is 47.8 Å². The number of aromatic hydroxyl groups is 1. The summed E-state index contributed by atoms with van der Waals surface area (Å²) in [5, 5.41) is 12.3. The van der Waals surface area contributed by atoms with E-state index in [4.69, 9.17) is 4.74 Å². The number of morpholine rings is 1. The number of likely N-dealkylation sites (N-methyl/N-ethyl adjacent to an activating group) is 1. The van der Waals surface area contributed by atoms with Crippen molar-refractivity contribution >= 4 is 16.6 Å². The summed E-state index contributed by atoms with van der Waals surface area (Å²) in [6.45, 7) is 4.83. The summed E-state index contributed by atoms with van der Waals surface area (Å²) in [6, 6.07) is 13.1. The van der Waals surface area contributed by atoms with Gasteiger partial charge in [-0.3, -0.25) is 0 Å². The number of aromatic amines is 1. The summed E-state index contributed by atoms with van der Waals surface area (Å²) in [5.74, 6) is 0.705. The lowest BCUT2D eigenvalue weighted by atomic mass is 9.83. The van der Waals surface area contributed by atoms with Gasteiger partial charge >= 0.3 is 0 Å². The fraction of sp³-hybridized carbons (Fsp3) is 0.364. The van der Waals surface area contributed by atoms with Crippen molar-refractivity contribution in [2.75, 3.05) is 44.8 Å². The minimum Gasteiger partial charge on any atom is -0.505 e. The first kappa shape index (κ1) is 16.7. The van der Waals surface area contributed by atoms with Gasteiger partial charge in [-0.2, -0.15) is 0 Å². The van der Waals surface area contributed by atoms with Gasteiger partial charge in [0.1, 0.15) is 5.75 Å². The zero-order valence-corrected chi connectivity index (χ0v) is 15.6. The van der Waals surface area contributed by atoms with Crippen molar-refractivity contribution in [1.29, 1.82) is 0 Å². The largest absolute Gasteiger partial charge is 0.505 e. The van der Waals surface area contributed by atoms with Crippen LogP contribution in [0, 0.1) is 0 Å². The maximum absolute atomic E-state index is 11.1. The number of fused-ring (bicyclic) bond motifs is 2. The third-order valence-corrected chi connectivity index (χ3v) is 5.93. The number of hydrogen-bond acceptors (Lipinski definition) is 4. The highest BCUT2D eigenvalue weighted by Crippen LogP contribution is 2.42. The lowest BCUT2D eigenvalue weighted by Gasteiger charge is -2.36. The van der Waals surface area contributed by atoms with E-state index in [9.17, 15) is 5.11 Å².